The van der Waals surface area contributed by atoms with Gasteiger partial charge in [0, 0.05) is 35.9 Å². The van der Waals surface area contributed by atoms with Crippen LogP contribution in [0.1, 0.15) is 11.1 Å². The smallest absolute Gasteiger partial charge is 0.123 e. The Bertz CT molecular complexity index is 601. The molecule has 0 heterocycles. The highest BCUT2D eigenvalue weighted by Gasteiger charge is 2.10. The number of halogens is 1. The van der Waals surface area contributed by atoms with Gasteiger partial charge < -0.3 is 15.0 Å². The van der Waals surface area contributed by atoms with Gasteiger partial charge in [0.25, 0.3) is 0 Å². The van der Waals surface area contributed by atoms with E-state index < -0.39 is 0 Å². The van der Waals surface area contributed by atoms with E-state index in [0.29, 0.717) is 0 Å². The predicted octanol–water partition coefficient (Wildman–Crippen LogP) is 3.81. The minimum Gasteiger partial charge on any atom is -0.496 e. The summed E-state index contributed by atoms with van der Waals surface area (Å²) in [5.74, 6) is 0.927. The highest BCUT2D eigenvalue weighted by molar-refractivity contribution is 9.10. The lowest BCUT2D eigenvalue weighted by Crippen LogP contribution is -2.20. The number of ether oxygens (including phenoxy) is 1. The summed E-state index contributed by atoms with van der Waals surface area (Å²) < 4.78 is 6.53. The van der Waals surface area contributed by atoms with Crippen LogP contribution in [0, 0.1) is 0 Å². The van der Waals surface area contributed by atoms with Crippen LogP contribution in [0.15, 0.2) is 46.9 Å². The Hall–Kier alpha value is -1.52. The molecule has 2 rings (SSSR count). The van der Waals surface area contributed by atoms with E-state index in [1.165, 1.54) is 16.8 Å². The molecule has 1 N–H and O–H groups in total. The van der Waals surface area contributed by atoms with Gasteiger partial charge >= 0.3 is 0 Å². The fourth-order valence-electron chi connectivity index (χ4n) is 2.43. The van der Waals surface area contributed by atoms with Crippen LogP contribution in [-0.4, -0.2) is 21.2 Å². The molecule has 0 aliphatic carbocycles. The van der Waals surface area contributed by atoms with Gasteiger partial charge in [0.05, 0.1) is 7.11 Å². The largest absolute Gasteiger partial charge is 0.496 e. The first kappa shape index (κ1) is 15.9. The molecule has 2 aromatic rings. The Morgan fingerprint density at radius 1 is 1.14 bits per heavy atom. The van der Waals surface area contributed by atoms with Crippen molar-refractivity contribution in [2.45, 2.75) is 13.1 Å². The van der Waals surface area contributed by atoms with Crippen molar-refractivity contribution in [3.8, 4) is 5.75 Å². The van der Waals surface area contributed by atoms with Gasteiger partial charge in [-0.25, -0.2) is 0 Å². The number of hydrogen-bond acceptors (Lipinski definition) is 3. The maximum absolute atomic E-state index is 5.43. The highest BCUT2D eigenvalue weighted by atomic mass is 79.9. The van der Waals surface area contributed by atoms with Crippen molar-refractivity contribution in [2.24, 2.45) is 0 Å². The van der Waals surface area contributed by atoms with Gasteiger partial charge in [0.1, 0.15) is 5.75 Å². The van der Waals surface area contributed by atoms with Crippen molar-refractivity contribution in [3.63, 3.8) is 0 Å². The first-order valence-corrected chi connectivity index (χ1v) is 7.71. The Morgan fingerprint density at radius 3 is 2.62 bits per heavy atom. The monoisotopic (exact) mass is 348 g/mol. The zero-order chi connectivity index (χ0) is 15.2. The highest BCUT2D eigenvalue weighted by Crippen LogP contribution is 2.27. The SMILES string of the molecule is CNCc1cc(Br)ccc1N(C)Cc1ccccc1OC. The summed E-state index contributed by atoms with van der Waals surface area (Å²) in [7, 11) is 5.78. The molecule has 3 nitrogen and oxygen atoms in total. The molecule has 2 aromatic carbocycles. The number of nitrogens with zero attached hydrogens (tertiary/aromatic N) is 1. The van der Waals surface area contributed by atoms with Crippen LogP contribution in [0.25, 0.3) is 0 Å². The molecule has 0 radical (unpaired) electrons. The second kappa shape index (κ2) is 7.48. The summed E-state index contributed by atoms with van der Waals surface area (Å²) >= 11 is 3.54. The number of anilines is 1. The summed E-state index contributed by atoms with van der Waals surface area (Å²) in [4.78, 5) is 2.25. The van der Waals surface area contributed by atoms with Crippen molar-refractivity contribution in [3.05, 3.63) is 58.1 Å². The lowest BCUT2D eigenvalue weighted by molar-refractivity contribution is 0.409. The van der Waals surface area contributed by atoms with E-state index in [-0.39, 0.29) is 0 Å². The Morgan fingerprint density at radius 2 is 1.90 bits per heavy atom. The van der Waals surface area contributed by atoms with E-state index in [2.05, 4.69) is 57.5 Å². The van der Waals surface area contributed by atoms with E-state index in [4.69, 9.17) is 4.74 Å². The van der Waals surface area contributed by atoms with E-state index in [9.17, 15) is 0 Å². The normalized spacial score (nSPS) is 10.5. The van der Waals surface area contributed by atoms with Crippen LogP contribution in [0.5, 0.6) is 5.75 Å². The molecule has 0 fully saturated rings. The molecule has 0 spiro atoms. The predicted molar refractivity (Wildman–Crippen MR) is 92.0 cm³/mol. The van der Waals surface area contributed by atoms with Crippen LogP contribution in [-0.2, 0) is 13.1 Å². The molecule has 21 heavy (non-hydrogen) atoms. The average Bonchev–Trinajstić information content (AvgIpc) is 2.48. The molecule has 0 amide bonds. The van der Waals surface area contributed by atoms with Gasteiger partial charge in [0.15, 0.2) is 0 Å². The number of nitrogens with one attached hydrogen (secondary N) is 1. The molecule has 0 bridgehead atoms. The molecule has 0 aromatic heterocycles. The fourth-order valence-corrected chi connectivity index (χ4v) is 2.84. The second-order valence-corrected chi connectivity index (χ2v) is 5.89. The minimum absolute atomic E-state index is 0.808. The zero-order valence-electron chi connectivity index (χ0n) is 12.7. The van der Waals surface area contributed by atoms with Crippen LogP contribution >= 0.6 is 15.9 Å². The fraction of sp³-hybridized carbons (Fsp3) is 0.294. The average molecular weight is 349 g/mol. The molecule has 112 valence electrons. The lowest BCUT2D eigenvalue weighted by atomic mass is 10.1. The number of benzene rings is 2. The maximum Gasteiger partial charge on any atom is 0.123 e. The third-order valence-electron chi connectivity index (χ3n) is 3.42. The topological polar surface area (TPSA) is 24.5 Å². The Kier molecular flexibility index (Phi) is 5.65. The van der Waals surface area contributed by atoms with Crippen LogP contribution in [0.3, 0.4) is 0 Å². The van der Waals surface area contributed by atoms with Crippen molar-refractivity contribution in [1.29, 1.82) is 0 Å². The summed E-state index contributed by atoms with van der Waals surface area (Å²) in [5, 5.41) is 3.22. The summed E-state index contributed by atoms with van der Waals surface area (Å²) in [6, 6.07) is 14.5. The van der Waals surface area contributed by atoms with E-state index in [1.54, 1.807) is 7.11 Å². The second-order valence-electron chi connectivity index (χ2n) is 4.97. The van der Waals surface area contributed by atoms with Gasteiger partial charge in [-0.15, -0.1) is 0 Å². The first-order chi connectivity index (χ1) is 10.2. The molecule has 0 saturated heterocycles. The molecule has 0 saturated carbocycles. The van der Waals surface area contributed by atoms with Crippen LogP contribution in [0.4, 0.5) is 5.69 Å². The van der Waals surface area contributed by atoms with E-state index in [1.807, 2.05) is 25.2 Å². The molecule has 0 aliphatic heterocycles. The minimum atomic E-state index is 0.808. The van der Waals surface area contributed by atoms with E-state index >= 15 is 0 Å². The molecule has 0 unspecified atom stereocenters. The van der Waals surface area contributed by atoms with Crippen molar-refractivity contribution < 1.29 is 4.74 Å². The molecule has 4 heteroatoms. The Labute approximate surface area is 135 Å². The van der Waals surface area contributed by atoms with Crippen LogP contribution in [0.2, 0.25) is 0 Å². The molecule has 0 atom stereocenters. The summed E-state index contributed by atoms with van der Waals surface area (Å²) in [5.41, 5.74) is 3.67. The molecule has 0 aliphatic rings. The first-order valence-electron chi connectivity index (χ1n) is 6.91. The number of rotatable bonds is 6. The third-order valence-corrected chi connectivity index (χ3v) is 3.91. The lowest BCUT2D eigenvalue weighted by Gasteiger charge is -2.24. The van der Waals surface area contributed by atoms with Crippen molar-refractivity contribution in [1.82, 2.24) is 5.32 Å². The summed E-state index contributed by atoms with van der Waals surface area (Å²) in [6.45, 7) is 1.65. The van der Waals surface area contributed by atoms with Crippen molar-refractivity contribution >= 4 is 21.6 Å². The van der Waals surface area contributed by atoms with Gasteiger partial charge in [-0.05, 0) is 36.9 Å². The van der Waals surface area contributed by atoms with Crippen LogP contribution < -0.4 is 15.0 Å². The van der Waals surface area contributed by atoms with Gasteiger partial charge in [-0.1, -0.05) is 34.1 Å². The standard InChI is InChI=1S/C17H21BrN2O/c1-19-11-14-10-15(18)8-9-16(14)20(2)12-13-6-4-5-7-17(13)21-3/h4-10,19H,11-12H2,1-3H3. The number of methoxy groups -OCH3 is 1. The maximum atomic E-state index is 5.43. The Balaban J connectivity index is 2.25. The van der Waals surface area contributed by atoms with E-state index in [0.717, 1.165) is 23.3 Å². The van der Waals surface area contributed by atoms with Crippen molar-refractivity contribution in [2.75, 3.05) is 26.1 Å². The molecular weight excluding hydrogens is 328 g/mol. The quantitative estimate of drug-likeness (QED) is 0.858. The van der Waals surface area contributed by atoms with Gasteiger partial charge in [-0.3, -0.25) is 0 Å². The van der Waals surface area contributed by atoms with Gasteiger partial charge in [0.2, 0.25) is 0 Å². The summed E-state index contributed by atoms with van der Waals surface area (Å²) in [6.07, 6.45) is 0. The molecular formula is C17H21BrN2O. The zero-order valence-corrected chi connectivity index (χ0v) is 14.3. The van der Waals surface area contributed by atoms with Gasteiger partial charge in [-0.2, -0.15) is 0 Å². The third kappa shape index (κ3) is 3.99. The number of para-hydroxylation sites is 1. The number of hydrogen-bond donors (Lipinski definition) is 1.